The van der Waals surface area contributed by atoms with Gasteiger partial charge in [0.15, 0.2) is 0 Å². The second kappa shape index (κ2) is 10.3. The van der Waals surface area contributed by atoms with E-state index in [2.05, 4.69) is 0 Å². The summed E-state index contributed by atoms with van der Waals surface area (Å²) in [6, 6.07) is 5.60. The lowest BCUT2D eigenvalue weighted by molar-refractivity contribution is -0.162. The van der Waals surface area contributed by atoms with Crippen LogP contribution >= 0.6 is 11.6 Å². The van der Waals surface area contributed by atoms with E-state index in [9.17, 15) is 14.4 Å². The number of nitrogens with two attached hydrogens (primary N) is 1. The van der Waals surface area contributed by atoms with Gasteiger partial charge in [0, 0.05) is 18.6 Å². The summed E-state index contributed by atoms with van der Waals surface area (Å²) in [4.78, 5) is 38.0. The summed E-state index contributed by atoms with van der Waals surface area (Å²) in [6.07, 6.45) is -0.881. The number of carbonyl (C=O) groups excluding carboxylic acids is 3. The highest BCUT2D eigenvalue weighted by Crippen LogP contribution is 2.22. The number of esters is 2. The highest BCUT2D eigenvalue weighted by molar-refractivity contribution is 6.30. The second-order valence-corrected chi connectivity index (χ2v) is 7.36. The van der Waals surface area contributed by atoms with E-state index in [1.807, 2.05) is 0 Å². The topological polar surface area (TPSA) is 98.9 Å². The van der Waals surface area contributed by atoms with Gasteiger partial charge in [-0.1, -0.05) is 37.6 Å². The first-order chi connectivity index (χ1) is 12.5. The molecule has 0 spiro atoms. The highest BCUT2D eigenvalue weighted by Gasteiger charge is 2.30. The number of rotatable bonds is 7. The minimum atomic E-state index is -0.913. The molecule has 0 fully saturated rings. The fourth-order valence-corrected chi connectivity index (χ4v) is 2.29. The zero-order valence-electron chi connectivity index (χ0n) is 16.3. The molecular formula is C19H27ClN2O5. The van der Waals surface area contributed by atoms with Gasteiger partial charge in [-0.15, -0.1) is 0 Å². The largest absolute Gasteiger partial charge is 0.447 e. The minimum Gasteiger partial charge on any atom is -0.447 e. The van der Waals surface area contributed by atoms with Gasteiger partial charge in [0.1, 0.15) is 12.0 Å². The summed E-state index contributed by atoms with van der Waals surface area (Å²) >= 11 is 5.90. The summed E-state index contributed by atoms with van der Waals surface area (Å²) in [5, 5.41) is 0.497. The maximum Gasteiger partial charge on any atom is 0.409 e. The number of benzene rings is 1. The van der Waals surface area contributed by atoms with Crippen LogP contribution in [0, 0.1) is 5.92 Å². The molecule has 0 aliphatic heterocycles. The van der Waals surface area contributed by atoms with Crippen molar-refractivity contribution in [3.8, 4) is 0 Å². The quantitative estimate of drug-likeness (QED) is 0.560. The molecule has 1 aromatic rings. The summed E-state index contributed by atoms with van der Waals surface area (Å²) in [5.74, 6) is -2.66. The molecule has 7 nitrogen and oxygen atoms in total. The van der Waals surface area contributed by atoms with Crippen molar-refractivity contribution in [1.82, 2.24) is 4.90 Å². The van der Waals surface area contributed by atoms with Gasteiger partial charge in [0.2, 0.25) is 0 Å². The van der Waals surface area contributed by atoms with Gasteiger partial charge in [-0.3, -0.25) is 4.79 Å². The fraction of sp³-hybridized carbons (Fsp3) is 0.526. The lowest BCUT2D eigenvalue weighted by Gasteiger charge is -2.24. The van der Waals surface area contributed by atoms with Crippen LogP contribution in [0.15, 0.2) is 24.3 Å². The van der Waals surface area contributed by atoms with Crippen molar-refractivity contribution in [1.29, 1.82) is 0 Å². The molecule has 1 rings (SSSR count). The minimum absolute atomic E-state index is 0.0315. The number of likely N-dealkylation sites (N-methyl/N-ethyl adjacent to an activating group) is 1. The van der Waals surface area contributed by atoms with Gasteiger partial charge in [-0.2, -0.15) is 0 Å². The van der Waals surface area contributed by atoms with Crippen LogP contribution in [0.25, 0.3) is 0 Å². The molecule has 150 valence electrons. The third-order valence-corrected chi connectivity index (χ3v) is 4.11. The Bertz CT molecular complexity index is 661. The number of carbonyl (C=O) groups is 3. The molecule has 27 heavy (non-hydrogen) atoms. The Kier molecular flexibility index (Phi) is 8.72. The van der Waals surface area contributed by atoms with E-state index in [4.69, 9.17) is 26.8 Å². The van der Waals surface area contributed by atoms with Gasteiger partial charge >= 0.3 is 18.0 Å². The highest BCUT2D eigenvalue weighted by atomic mass is 35.5. The average molecular weight is 399 g/mol. The number of ether oxygens (including phenoxy) is 2. The van der Waals surface area contributed by atoms with Crippen LogP contribution in [0.4, 0.5) is 4.79 Å². The standard InChI is InChI=1S/C19H27ClN2O5/c1-11(2)16(21)18(24)27-17(23)15(13-6-8-14(20)9-7-13)10-22(5)19(25)26-12(3)4/h6-9,11-12,15-16H,10,21H2,1-5H3/t15?,16-/m0/s1. The predicted molar refractivity (Wildman–Crippen MR) is 102 cm³/mol. The molecule has 0 saturated carbocycles. The van der Waals surface area contributed by atoms with E-state index >= 15 is 0 Å². The van der Waals surface area contributed by atoms with Crippen molar-refractivity contribution < 1.29 is 23.9 Å². The summed E-state index contributed by atoms with van der Waals surface area (Å²) < 4.78 is 10.1. The van der Waals surface area contributed by atoms with Crippen LogP contribution in [0.1, 0.15) is 39.2 Å². The molecule has 1 unspecified atom stereocenters. The number of hydrogen-bond donors (Lipinski definition) is 1. The monoisotopic (exact) mass is 398 g/mol. The van der Waals surface area contributed by atoms with Gasteiger partial charge in [0.25, 0.3) is 0 Å². The zero-order valence-corrected chi connectivity index (χ0v) is 17.0. The van der Waals surface area contributed by atoms with Crippen LogP contribution in [-0.4, -0.2) is 48.7 Å². The summed E-state index contributed by atoms with van der Waals surface area (Å²) in [5.41, 5.74) is 6.30. The normalized spacial score (nSPS) is 13.2. The molecular weight excluding hydrogens is 372 g/mol. The molecule has 0 aromatic heterocycles. The molecule has 2 atom stereocenters. The van der Waals surface area contributed by atoms with Crippen LogP contribution < -0.4 is 5.73 Å². The Morgan fingerprint density at radius 2 is 1.63 bits per heavy atom. The lowest BCUT2D eigenvalue weighted by atomic mass is 9.98. The molecule has 0 radical (unpaired) electrons. The van der Waals surface area contributed by atoms with E-state index in [1.54, 1.807) is 52.0 Å². The molecule has 0 aliphatic carbocycles. The maximum absolute atomic E-state index is 12.6. The average Bonchev–Trinajstić information content (AvgIpc) is 2.58. The molecule has 0 heterocycles. The Labute approximate surface area is 164 Å². The molecule has 0 aliphatic rings. The van der Waals surface area contributed by atoms with Crippen LogP contribution in [0.5, 0.6) is 0 Å². The first-order valence-electron chi connectivity index (χ1n) is 8.71. The fourth-order valence-electron chi connectivity index (χ4n) is 2.16. The van der Waals surface area contributed by atoms with Crippen molar-refractivity contribution in [3.05, 3.63) is 34.9 Å². The van der Waals surface area contributed by atoms with E-state index in [0.717, 1.165) is 0 Å². The third-order valence-electron chi connectivity index (χ3n) is 3.85. The van der Waals surface area contributed by atoms with Crippen LogP contribution in [-0.2, 0) is 19.1 Å². The molecule has 8 heteroatoms. The maximum atomic E-state index is 12.6. The van der Waals surface area contributed by atoms with Crippen LogP contribution in [0.2, 0.25) is 5.02 Å². The molecule has 0 bridgehead atoms. The van der Waals surface area contributed by atoms with E-state index in [1.165, 1.54) is 11.9 Å². The van der Waals surface area contributed by atoms with Gasteiger partial charge in [-0.25, -0.2) is 9.59 Å². The molecule has 1 amide bonds. The van der Waals surface area contributed by atoms with Crippen LogP contribution in [0.3, 0.4) is 0 Å². The lowest BCUT2D eigenvalue weighted by Crippen LogP contribution is -2.41. The predicted octanol–water partition coefficient (Wildman–Crippen LogP) is 2.95. The Hall–Kier alpha value is -2.12. The van der Waals surface area contributed by atoms with Crippen molar-refractivity contribution in [2.24, 2.45) is 11.7 Å². The van der Waals surface area contributed by atoms with Gasteiger partial charge in [0.05, 0.1) is 6.10 Å². The Balaban J connectivity index is 3.00. The first kappa shape index (κ1) is 22.9. The van der Waals surface area contributed by atoms with Crippen molar-refractivity contribution in [2.45, 2.75) is 45.8 Å². The van der Waals surface area contributed by atoms with Crippen molar-refractivity contribution in [3.63, 3.8) is 0 Å². The Morgan fingerprint density at radius 3 is 2.11 bits per heavy atom. The number of halogens is 1. The molecule has 1 aromatic carbocycles. The molecule has 0 saturated heterocycles. The van der Waals surface area contributed by atoms with E-state index in [-0.39, 0.29) is 18.6 Å². The number of hydrogen-bond acceptors (Lipinski definition) is 6. The smallest absolute Gasteiger partial charge is 0.409 e. The number of nitrogens with zero attached hydrogens (tertiary/aromatic N) is 1. The number of amides is 1. The van der Waals surface area contributed by atoms with Gasteiger partial charge < -0.3 is 20.1 Å². The van der Waals surface area contributed by atoms with E-state index < -0.39 is 30.0 Å². The van der Waals surface area contributed by atoms with Gasteiger partial charge in [-0.05, 0) is 37.5 Å². The first-order valence-corrected chi connectivity index (χ1v) is 9.09. The zero-order chi connectivity index (χ0) is 20.7. The SMILES string of the molecule is CC(C)OC(=O)N(C)CC(C(=O)OC(=O)[C@@H](N)C(C)C)c1ccc(Cl)cc1. The third kappa shape index (κ3) is 7.19. The summed E-state index contributed by atoms with van der Waals surface area (Å²) in [7, 11) is 1.50. The van der Waals surface area contributed by atoms with E-state index in [0.29, 0.717) is 10.6 Å². The van der Waals surface area contributed by atoms with Crippen molar-refractivity contribution >= 4 is 29.6 Å². The molecule has 2 N–H and O–H groups in total. The summed E-state index contributed by atoms with van der Waals surface area (Å²) in [6.45, 7) is 6.92. The Morgan fingerprint density at radius 1 is 1.07 bits per heavy atom. The van der Waals surface area contributed by atoms with Crippen molar-refractivity contribution in [2.75, 3.05) is 13.6 Å². The second-order valence-electron chi connectivity index (χ2n) is 6.93.